The third-order valence-electron chi connectivity index (χ3n) is 5.54. The quantitative estimate of drug-likeness (QED) is 0.791. The van der Waals surface area contributed by atoms with Gasteiger partial charge in [-0.2, -0.15) is 0 Å². The smallest absolute Gasteiger partial charge is 0.252 e. The molecule has 142 valence electrons. The van der Waals surface area contributed by atoms with Crippen LogP contribution in [0.5, 0.6) is 0 Å². The third kappa shape index (κ3) is 4.23. The van der Waals surface area contributed by atoms with Gasteiger partial charge in [0.2, 0.25) is 0 Å². The van der Waals surface area contributed by atoms with E-state index in [0.29, 0.717) is 28.8 Å². The van der Waals surface area contributed by atoms with E-state index in [9.17, 15) is 9.59 Å². The standard InChI is InChI=1S/C22H24N2O2.ClH/c1-14-6-8-15(9-7-14)21(25)19-4-2-3-5-20(19)22(26)24-18-12-16-10-11-17(13-18)23-16;/h2-9,16-18,23H,10-13H2,1H3,(H,24,26);1H. The monoisotopic (exact) mass is 384 g/mol. The number of piperidine rings is 1. The highest BCUT2D eigenvalue weighted by Crippen LogP contribution is 2.27. The van der Waals surface area contributed by atoms with Gasteiger partial charge in [0.25, 0.3) is 5.91 Å². The molecule has 0 saturated carbocycles. The molecule has 4 rings (SSSR count). The Morgan fingerprint density at radius 1 is 0.926 bits per heavy atom. The van der Waals surface area contributed by atoms with Crippen LogP contribution in [0.3, 0.4) is 0 Å². The molecule has 27 heavy (non-hydrogen) atoms. The zero-order valence-corrected chi connectivity index (χ0v) is 16.2. The molecule has 2 N–H and O–H groups in total. The summed E-state index contributed by atoms with van der Waals surface area (Å²) >= 11 is 0. The molecule has 0 radical (unpaired) electrons. The number of hydrogen-bond acceptors (Lipinski definition) is 3. The average Bonchev–Trinajstić information content (AvgIpc) is 3.00. The van der Waals surface area contributed by atoms with Crippen LogP contribution in [0.25, 0.3) is 0 Å². The Bertz CT molecular complexity index is 822. The van der Waals surface area contributed by atoms with Crippen molar-refractivity contribution in [2.75, 3.05) is 0 Å². The fourth-order valence-electron chi connectivity index (χ4n) is 4.18. The number of aryl methyl sites for hydroxylation is 1. The Morgan fingerprint density at radius 3 is 2.15 bits per heavy atom. The lowest BCUT2D eigenvalue weighted by Gasteiger charge is -2.29. The molecule has 1 amide bonds. The number of rotatable bonds is 4. The maximum absolute atomic E-state index is 12.9. The van der Waals surface area contributed by atoms with Crippen molar-refractivity contribution < 1.29 is 9.59 Å². The molecule has 2 fully saturated rings. The van der Waals surface area contributed by atoms with E-state index in [4.69, 9.17) is 0 Å². The molecule has 2 heterocycles. The van der Waals surface area contributed by atoms with Crippen molar-refractivity contribution in [2.24, 2.45) is 0 Å². The highest BCUT2D eigenvalue weighted by molar-refractivity contribution is 6.15. The van der Waals surface area contributed by atoms with E-state index in [-0.39, 0.29) is 30.1 Å². The van der Waals surface area contributed by atoms with E-state index < -0.39 is 0 Å². The summed E-state index contributed by atoms with van der Waals surface area (Å²) in [6, 6.07) is 15.8. The molecule has 2 aliphatic rings. The molecule has 0 aromatic heterocycles. The lowest BCUT2D eigenvalue weighted by Crippen LogP contribution is -2.48. The van der Waals surface area contributed by atoms with Crippen molar-refractivity contribution in [3.05, 3.63) is 70.8 Å². The van der Waals surface area contributed by atoms with E-state index in [1.165, 1.54) is 12.8 Å². The summed E-state index contributed by atoms with van der Waals surface area (Å²) in [7, 11) is 0. The molecule has 2 aromatic carbocycles. The number of hydrogen-bond donors (Lipinski definition) is 2. The summed E-state index contributed by atoms with van der Waals surface area (Å²) in [5.74, 6) is -0.256. The maximum Gasteiger partial charge on any atom is 0.252 e. The first-order valence-corrected chi connectivity index (χ1v) is 9.37. The van der Waals surface area contributed by atoms with Gasteiger partial charge in [-0.05, 0) is 38.7 Å². The molecule has 2 bridgehead atoms. The summed E-state index contributed by atoms with van der Waals surface area (Å²) < 4.78 is 0. The number of fused-ring (bicyclic) bond motifs is 2. The summed E-state index contributed by atoms with van der Waals surface area (Å²) in [4.78, 5) is 25.8. The second-order valence-corrected chi connectivity index (χ2v) is 7.52. The molecule has 2 aromatic rings. The zero-order chi connectivity index (χ0) is 18.1. The van der Waals surface area contributed by atoms with E-state index in [1.54, 1.807) is 12.1 Å². The first-order chi connectivity index (χ1) is 12.6. The van der Waals surface area contributed by atoms with Crippen LogP contribution in [0.2, 0.25) is 0 Å². The minimum atomic E-state index is -0.146. The molecule has 2 aliphatic heterocycles. The van der Waals surface area contributed by atoms with Gasteiger partial charge < -0.3 is 10.6 Å². The highest BCUT2D eigenvalue weighted by Gasteiger charge is 2.34. The Labute approximate surface area is 166 Å². The van der Waals surface area contributed by atoms with Gasteiger partial charge in [-0.3, -0.25) is 9.59 Å². The van der Waals surface area contributed by atoms with Gasteiger partial charge in [0.1, 0.15) is 0 Å². The molecule has 0 aliphatic carbocycles. The predicted octanol–water partition coefficient (Wildman–Crippen LogP) is 3.66. The van der Waals surface area contributed by atoms with Gasteiger partial charge in [0.05, 0.1) is 5.56 Å². The van der Waals surface area contributed by atoms with E-state index in [1.807, 2.05) is 43.3 Å². The van der Waals surface area contributed by atoms with Crippen molar-refractivity contribution in [3.63, 3.8) is 0 Å². The number of nitrogens with one attached hydrogen (secondary N) is 2. The van der Waals surface area contributed by atoms with E-state index >= 15 is 0 Å². The molecular formula is C22H25ClN2O2. The summed E-state index contributed by atoms with van der Waals surface area (Å²) in [5, 5.41) is 6.74. The second kappa shape index (κ2) is 8.24. The molecule has 2 unspecified atom stereocenters. The predicted molar refractivity (Wildman–Crippen MR) is 109 cm³/mol. The summed E-state index contributed by atoms with van der Waals surface area (Å²) in [6.45, 7) is 1.99. The van der Waals surface area contributed by atoms with Crippen LogP contribution in [0.1, 0.15) is 57.5 Å². The van der Waals surface area contributed by atoms with Crippen LogP contribution >= 0.6 is 12.4 Å². The molecule has 4 nitrogen and oxygen atoms in total. The first-order valence-electron chi connectivity index (χ1n) is 9.37. The van der Waals surface area contributed by atoms with Crippen LogP contribution in [-0.2, 0) is 0 Å². The van der Waals surface area contributed by atoms with Gasteiger partial charge in [-0.15, -0.1) is 12.4 Å². The molecule has 2 atom stereocenters. The summed E-state index contributed by atoms with van der Waals surface area (Å²) in [5.41, 5.74) is 2.64. The van der Waals surface area contributed by atoms with Crippen molar-refractivity contribution in [1.82, 2.24) is 10.6 Å². The lowest BCUT2D eigenvalue weighted by atomic mass is 9.96. The van der Waals surface area contributed by atoms with Crippen LogP contribution in [0, 0.1) is 6.92 Å². The van der Waals surface area contributed by atoms with E-state index in [0.717, 1.165) is 18.4 Å². The van der Waals surface area contributed by atoms with Crippen LogP contribution < -0.4 is 10.6 Å². The molecular weight excluding hydrogens is 360 g/mol. The van der Waals surface area contributed by atoms with Gasteiger partial charge >= 0.3 is 0 Å². The lowest BCUT2D eigenvalue weighted by molar-refractivity contribution is 0.0914. The minimum Gasteiger partial charge on any atom is -0.349 e. The molecule has 5 heteroatoms. The van der Waals surface area contributed by atoms with Crippen LogP contribution in [0.4, 0.5) is 0 Å². The first kappa shape index (κ1) is 19.6. The highest BCUT2D eigenvalue weighted by atomic mass is 35.5. The SMILES string of the molecule is Cc1ccc(C(=O)c2ccccc2C(=O)NC2CC3CCC(C2)N3)cc1.Cl. The van der Waals surface area contributed by atoms with Crippen molar-refractivity contribution in [1.29, 1.82) is 0 Å². The normalized spacial score (nSPS) is 23.4. The number of amides is 1. The summed E-state index contributed by atoms with van der Waals surface area (Å²) in [6.07, 6.45) is 4.33. The molecule has 2 saturated heterocycles. The third-order valence-corrected chi connectivity index (χ3v) is 5.54. The molecule has 0 spiro atoms. The van der Waals surface area contributed by atoms with E-state index in [2.05, 4.69) is 10.6 Å². The largest absolute Gasteiger partial charge is 0.349 e. The van der Waals surface area contributed by atoms with Gasteiger partial charge in [0.15, 0.2) is 5.78 Å². The van der Waals surface area contributed by atoms with Crippen molar-refractivity contribution in [3.8, 4) is 0 Å². The average molecular weight is 385 g/mol. The topological polar surface area (TPSA) is 58.2 Å². The fraction of sp³-hybridized carbons (Fsp3) is 0.364. The minimum absolute atomic E-state index is 0. The number of ketones is 1. The Balaban J connectivity index is 0.00000210. The number of benzene rings is 2. The van der Waals surface area contributed by atoms with Gasteiger partial charge in [-0.1, -0.05) is 48.0 Å². The van der Waals surface area contributed by atoms with Crippen LogP contribution in [-0.4, -0.2) is 29.8 Å². The van der Waals surface area contributed by atoms with Crippen LogP contribution in [0.15, 0.2) is 48.5 Å². The van der Waals surface area contributed by atoms with Gasteiger partial charge in [0, 0.05) is 29.3 Å². The van der Waals surface area contributed by atoms with Gasteiger partial charge in [-0.25, -0.2) is 0 Å². The second-order valence-electron chi connectivity index (χ2n) is 7.52. The Morgan fingerprint density at radius 2 is 1.52 bits per heavy atom. The number of halogens is 1. The fourth-order valence-corrected chi connectivity index (χ4v) is 4.18. The Kier molecular flexibility index (Phi) is 5.98. The number of carbonyl (C=O) groups is 2. The number of carbonyl (C=O) groups excluding carboxylic acids is 2. The maximum atomic E-state index is 12.9. The zero-order valence-electron chi connectivity index (χ0n) is 15.4. The Hall–Kier alpha value is -2.17. The van der Waals surface area contributed by atoms with Crippen molar-refractivity contribution >= 4 is 24.1 Å². The van der Waals surface area contributed by atoms with Crippen molar-refractivity contribution in [2.45, 2.75) is 50.7 Å².